The fourth-order valence-electron chi connectivity index (χ4n) is 1.41. The molecular formula is C12H17ClN2O2. The van der Waals surface area contributed by atoms with Crippen LogP contribution in [-0.4, -0.2) is 33.2 Å². The molecule has 1 aromatic rings. The van der Waals surface area contributed by atoms with Crippen molar-refractivity contribution < 1.29 is 9.53 Å². The third kappa shape index (κ3) is 3.35. The second-order valence-corrected chi connectivity index (χ2v) is 4.30. The molecule has 0 radical (unpaired) electrons. The zero-order valence-electron chi connectivity index (χ0n) is 10.5. The molecule has 0 aromatic heterocycles. The minimum absolute atomic E-state index is 0.196. The molecule has 1 aromatic carbocycles. The largest absolute Gasteiger partial charge is 0.375 e. The quantitative estimate of drug-likeness (QED) is 0.899. The highest BCUT2D eigenvalue weighted by atomic mass is 35.5. The van der Waals surface area contributed by atoms with Crippen LogP contribution in [0.4, 0.5) is 11.4 Å². The molecule has 94 valence electrons. The van der Waals surface area contributed by atoms with Crippen LogP contribution >= 0.6 is 11.6 Å². The van der Waals surface area contributed by atoms with E-state index in [0.717, 1.165) is 5.69 Å². The molecule has 0 fully saturated rings. The van der Waals surface area contributed by atoms with Crippen molar-refractivity contribution in [2.45, 2.75) is 13.0 Å². The average molecular weight is 257 g/mol. The summed E-state index contributed by atoms with van der Waals surface area (Å²) in [5.74, 6) is -0.196. The lowest BCUT2D eigenvalue weighted by molar-refractivity contribution is -0.124. The molecule has 17 heavy (non-hydrogen) atoms. The number of nitrogens with one attached hydrogen (secondary N) is 1. The number of amides is 1. The van der Waals surface area contributed by atoms with Gasteiger partial charge in [0.05, 0.1) is 16.4 Å². The summed E-state index contributed by atoms with van der Waals surface area (Å²) in [6.07, 6.45) is -0.496. The van der Waals surface area contributed by atoms with Crippen LogP contribution < -0.4 is 10.2 Å². The van der Waals surface area contributed by atoms with Crippen LogP contribution in [0.15, 0.2) is 18.2 Å². The lowest BCUT2D eigenvalue weighted by Crippen LogP contribution is -2.27. The Balaban J connectivity index is 2.99. The number of methoxy groups -OCH3 is 1. The van der Waals surface area contributed by atoms with Crippen molar-refractivity contribution in [2.75, 3.05) is 31.4 Å². The van der Waals surface area contributed by atoms with Crippen LogP contribution in [0, 0.1) is 0 Å². The van der Waals surface area contributed by atoms with Crippen molar-refractivity contribution in [1.82, 2.24) is 0 Å². The summed E-state index contributed by atoms with van der Waals surface area (Å²) < 4.78 is 4.96. The van der Waals surface area contributed by atoms with Crippen LogP contribution in [0.2, 0.25) is 5.02 Å². The second-order valence-electron chi connectivity index (χ2n) is 3.90. The third-order valence-electron chi connectivity index (χ3n) is 2.41. The predicted molar refractivity (Wildman–Crippen MR) is 70.9 cm³/mol. The number of ether oxygens (including phenoxy) is 1. The molecule has 1 amide bonds. The molecule has 1 rings (SSSR count). The SMILES string of the molecule is COC(C)C(=O)Nc1cccc(Cl)c1N(C)C. The Morgan fingerprint density at radius 2 is 2.12 bits per heavy atom. The normalized spacial score (nSPS) is 12.1. The summed E-state index contributed by atoms with van der Waals surface area (Å²) >= 11 is 6.10. The van der Waals surface area contributed by atoms with Crippen LogP contribution in [0.3, 0.4) is 0 Å². The van der Waals surface area contributed by atoms with Crippen molar-refractivity contribution in [3.05, 3.63) is 23.2 Å². The van der Waals surface area contributed by atoms with E-state index in [2.05, 4.69) is 5.32 Å². The smallest absolute Gasteiger partial charge is 0.253 e. The third-order valence-corrected chi connectivity index (χ3v) is 2.72. The topological polar surface area (TPSA) is 41.6 Å². The van der Waals surface area contributed by atoms with Gasteiger partial charge in [0, 0.05) is 21.2 Å². The highest BCUT2D eigenvalue weighted by molar-refractivity contribution is 6.34. The van der Waals surface area contributed by atoms with Crippen molar-refractivity contribution in [3.8, 4) is 0 Å². The van der Waals surface area contributed by atoms with Crippen LogP contribution in [0.5, 0.6) is 0 Å². The standard InChI is InChI=1S/C12H17ClN2O2/c1-8(17-4)12(16)14-10-7-5-6-9(13)11(10)15(2)3/h5-8H,1-4H3,(H,14,16). The predicted octanol–water partition coefficient (Wildman–Crippen LogP) is 2.38. The number of halogens is 1. The van der Waals surface area contributed by atoms with Gasteiger partial charge in [-0.05, 0) is 19.1 Å². The van der Waals surface area contributed by atoms with E-state index in [4.69, 9.17) is 16.3 Å². The van der Waals surface area contributed by atoms with Gasteiger partial charge in [-0.1, -0.05) is 17.7 Å². The summed E-state index contributed by atoms with van der Waals surface area (Å²) in [6.45, 7) is 1.69. The monoisotopic (exact) mass is 256 g/mol. The van der Waals surface area contributed by atoms with Gasteiger partial charge in [0.2, 0.25) is 0 Å². The lowest BCUT2D eigenvalue weighted by atomic mass is 10.2. The van der Waals surface area contributed by atoms with Crippen LogP contribution in [0.1, 0.15) is 6.92 Å². The summed E-state index contributed by atoms with van der Waals surface area (Å²) in [5, 5.41) is 3.39. The van der Waals surface area contributed by atoms with E-state index in [9.17, 15) is 4.79 Å². The van der Waals surface area contributed by atoms with Crippen molar-refractivity contribution in [1.29, 1.82) is 0 Å². The first kappa shape index (κ1) is 13.8. The molecular weight excluding hydrogens is 240 g/mol. The van der Waals surface area contributed by atoms with E-state index in [1.54, 1.807) is 19.1 Å². The maximum absolute atomic E-state index is 11.7. The molecule has 0 heterocycles. The number of hydrogen-bond donors (Lipinski definition) is 1. The number of carbonyl (C=O) groups is 1. The number of rotatable bonds is 4. The number of carbonyl (C=O) groups excluding carboxylic acids is 1. The van der Waals surface area contributed by atoms with Gasteiger partial charge in [0.25, 0.3) is 5.91 Å². The van der Waals surface area contributed by atoms with Gasteiger partial charge in [-0.2, -0.15) is 0 Å². The molecule has 0 aliphatic heterocycles. The lowest BCUT2D eigenvalue weighted by Gasteiger charge is -2.20. The molecule has 0 aliphatic rings. The molecule has 1 atom stereocenters. The summed E-state index contributed by atoms with van der Waals surface area (Å²) in [7, 11) is 5.24. The molecule has 0 saturated heterocycles. The zero-order valence-corrected chi connectivity index (χ0v) is 11.2. The van der Waals surface area contributed by atoms with E-state index >= 15 is 0 Å². The van der Waals surface area contributed by atoms with E-state index in [0.29, 0.717) is 10.7 Å². The van der Waals surface area contributed by atoms with Gasteiger partial charge < -0.3 is 15.0 Å². The van der Waals surface area contributed by atoms with E-state index < -0.39 is 6.10 Å². The van der Waals surface area contributed by atoms with Gasteiger partial charge in [0.1, 0.15) is 6.10 Å². The van der Waals surface area contributed by atoms with Crippen molar-refractivity contribution in [2.24, 2.45) is 0 Å². The second kappa shape index (κ2) is 5.89. The number of benzene rings is 1. The Hall–Kier alpha value is -1.26. The van der Waals surface area contributed by atoms with Gasteiger partial charge in [-0.3, -0.25) is 4.79 Å². The minimum Gasteiger partial charge on any atom is -0.375 e. The molecule has 4 nitrogen and oxygen atoms in total. The van der Waals surface area contributed by atoms with E-state index in [1.807, 2.05) is 25.1 Å². The highest BCUT2D eigenvalue weighted by Gasteiger charge is 2.15. The number of hydrogen-bond acceptors (Lipinski definition) is 3. The zero-order chi connectivity index (χ0) is 13.0. The average Bonchev–Trinajstić information content (AvgIpc) is 2.27. The maximum atomic E-state index is 11.7. The fourth-order valence-corrected chi connectivity index (χ4v) is 1.76. The van der Waals surface area contributed by atoms with Crippen molar-refractivity contribution >= 4 is 28.9 Å². The molecule has 0 saturated carbocycles. The molecule has 0 bridgehead atoms. The highest BCUT2D eigenvalue weighted by Crippen LogP contribution is 2.32. The Morgan fingerprint density at radius 3 is 2.65 bits per heavy atom. The molecule has 0 spiro atoms. The number of nitrogens with zero attached hydrogens (tertiary/aromatic N) is 1. The maximum Gasteiger partial charge on any atom is 0.253 e. The first-order valence-corrected chi connectivity index (χ1v) is 5.64. The van der Waals surface area contributed by atoms with Crippen LogP contribution in [-0.2, 0) is 9.53 Å². The first-order chi connectivity index (χ1) is 7.97. The van der Waals surface area contributed by atoms with Gasteiger partial charge in [-0.15, -0.1) is 0 Å². The molecule has 5 heteroatoms. The fraction of sp³-hybridized carbons (Fsp3) is 0.417. The van der Waals surface area contributed by atoms with Gasteiger partial charge >= 0.3 is 0 Å². The summed E-state index contributed by atoms with van der Waals surface area (Å²) in [6, 6.07) is 5.39. The Labute approximate surface area is 107 Å². The molecule has 1 N–H and O–H groups in total. The van der Waals surface area contributed by atoms with Crippen molar-refractivity contribution in [3.63, 3.8) is 0 Å². The summed E-state index contributed by atoms with van der Waals surface area (Å²) in [4.78, 5) is 13.6. The Bertz CT molecular complexity index is 407. The van der Waals surface area contributed by atoms with E-state index in [-0.39, 0.29) is 5.91 Å². The summed E-state index contributed by atoms with van der Waals surface area (Å²) in [5.41, 5.74) is 1.46. The number of para-hydroxylation sites is 1. The number of anilines is 2. The van der Waals surface area contributed by atoms with Gasteiger partial charge in [-0.25, -0.2) is 0 Å². The van der Waals surface area contributed by atoms with Gasteiger partial charge in [0.15, 0.2) is 0 Å². The molecule has 0 aliphatic carbocycles. The Kier molecular flexibility index (Phi) is 4.78. The van der Waals surface area contributed by atoms with Crippen LogP contribution in [0.25, 0.3) is 0 Å². The molecule has 1 unspecified atom stereocenters. The Morgan fingerprint density at radius 1 is 1.47 bits per heavy atom. The first-order valence-electron chi connectivity index (χ1n) is 5.27. The minimum atomic E-state index is -0.496. The van der Waals surface area contributed by atoms with E-state index in [1.165, 1.54) is 7.11 Å².